The van der Waals surface area contributed by atoms with Crippen LogP contribution in [0.2, 0.25) is 0 Å². The van der Waals surface area contributed by atoms with Crippen molar-refractivity contribution in [1.82, 2.24) is 0 Å². The maximum Gasteiger partial charge on any atom is 0.508 e. The molecule has 0 radical (unpaired) electrons. The van der Waals surface area contributed by atoms with Gasteiger partial charge in [-0.15, -0.1) is 0 Å². The molecule has 0 aromatic heterocycles. The van der Waals surface area contributed by atoms with Crippen LogP contribution in [0.15, 0.2) is 0 Å². The van der Waals surface area contributed by atoms with E-state index in [2.05, 4.69) is 36.4 Å². The van der Waals surface area contributed by atoms with Crippen molar-refractivity contribution < 1.29 is 34.8 Å². The van der Waals surface area contributed by atoms with Crippen molar-refractivity contribution in [2.75, 3.05) is 6.61 Å². The monoisotopic (exact) mass is 280 g/mol. The van der Waals surface area contributed by atoms with Crippen molar-refractivity contribution in [2.24, 2.45) is 0 Å². The van der Waals surface area contributed by atoms with E-state index in [1.165, 1.54) is 0 Å². The van der Waals surface area contributed by atoms with Gasteiger partial charge in [-0.1, -0.05) is 0 Å². The second kappa shape index (κ2) is 5.48. The van der Waals surface area contributed by atoms with E-state index in [1.807, 2.05) is 0 Å². The van der Waals surface area contributed by atoms with Crippen molar-refractivity contribution in [3.05, 3.63) is 0 Å². The summed E-state index contributed by atoms with van der Waals surface area (Å²) in [5.74, 6) is -4.50. The molecule has 0 spiro atoms. The van der Waals surface area contributed by atoms with Crippen LogP contribution in [0, 0.1) is 0 Å². The van der Waals surface area contributed by atoms with Gasteiger partial charge in [-0.05, 0) is 0 Å². The van der Waals surface area contributed by atoms with Crippen LogP contribution in [0.3, 0.4) is 0 Å². The van der Waals surface area contributed by atoms with Gasteiger partial charge in [0, 0.05) is 0 Å². The minimum Gasteiger partial charge on any atom is -0.278 e. The molecule has 0 aliphatic heterocycles. The van der Waals surface area contributed by atoms with Crippen molar-refractivity contribution in [2.45, 2.75) is 12.3 Å². The van der Waals surface area contributed by atoms with E-state index in [0.29, 0.717) is 0 Å². The summed E-state index contributed by atoms with van der Waals surface area (Å²) < 4.78 is 68.6. The van der Waals surface area contributed by atoms with Crippen molar-refractivity contribution in [1.29, 1.82) is 0 Å². The molecule has 0 bridgehead atoms. The molecule has 0 fully saturated rings. The summed E-state index contributed by atoms with van der Waals surface area (Å²) in [6.07, 6.45) is -3.98. The Morgan fingerprint density at radius 3 is 2.00 bits per heavy atom. The van der Waals surface area contributed by atoms with Gasteiger partial charge < -0.3 is 0 Å². The van der Waals surface area contributed by atoms with Gasteiger partial charge in [0.15, 0.2) is 0 Å². The Bertz CT molecular complexity index is 219. The normalized spacial score (nSPS) is 13.6. The molecular weight excluding hydrogens is 278 g/mol. The van der Waals surface area contributed by atoms with Crippen LogP contribution in [0.25, 0.3) is 0 Å². The van der Waals surface area contributed by atoms with Gasteiger partial charge in [-0.25, -0.2) is 13.3 Å². The predicted molar refractivity (Wildman–Crippen MR) is 38.4 cm³/mol. The highest BCUT2D eigenvalue weighted by molar-refractivity contribution is 7.50. The van der Waals surface area contributed by atoms with E-state index in [4.69, 9.17) is 0 Å². The minimum absolute atomic E-state index is 1.90. The number of alkyl halides is 4. The van der Waals surface area contributed by atoms with Crippen LogP contribution in [0.4, 0.5) is 17.6 Å². The van der Waals surface area contributed by atoms with Gasteiger partial charge in [0.05, 0.1) is 23.7 Å². The molecule has 0 saturated carbocycles. The van der Waals surface area contributed by atoms with E-state index in [0.717, 1.165) is 0 Å². The fraction of sp³-hybridized carbons (Fsp3) is 1.00. The van der Waals surface area contributed by atoms with E-state index in [1.54, 1.807) is 0 Å². The second-order valence-electron chi connectivity index (χ2n) is 1.92. The fourth-order valence-corrected chi connectivity index (χ4v) is 1.20. The zero-order valence-electron chi connectivity index (χ0n) is 6.13. The summed E-state index contributed by atoms with van der Waals surface area (Å²) in [6, 6.07) is 0. The lowest BCUT2D eigenvalue weighted by Crippen LogP contribution is -2.31. The molecule has 0 saturated heterocycles. The minimum atomic E-state index is -4.60. The smallest absolute Gasteiger partial charge is 0.278 e. The number of rotatable bonds is 6. The Hall–Kier alpha value is 0.410. The highest BCUT2D eigenvalue weighted by Crippen LogP contribution is 2.52. The molecule has 11 heteroatoms. The van der Waals surface area contributed by atoms with Crippen LogP contribution in [0.5, 0.6) is 0 Å². The first-order chi connectivity index (χ1) is 6.27. The van der Waals surface area contributed by atoms with Gasteiger partial charge >= 0.3 is 20.2 Å². The van der Waals surface area contributed by atoms with Gasteiger partial charge in [-0.3, -0.25) is 4.52 Å². The zero-order chi connectivity index (χ0) is 11.4. The SMILES string of the molecule is O=P(OCl)(OCl)OCC(F)(F)C(F)F. The molecule has 0 aromatic carbocycles. The summed E-state index contributed by atoms with van der Waals surface area (Å²) in [5, 5.41) is 0. The molecule has 0 N–H and O–H groups in total. The third-order valence-corrected chi connectivity index (χ3v) is 2.70. The predicted octanol–water partition coefficient (Wildman–Crippen LogP) is 3.35. The van der Waals surface area contributed by atoms with Crippen LogP contribution in [-0.2, 0) is 17.2 Å². The molecule has 0 aliphatic rings. The average molecular weight is 281 g/mol. The van der Waals surface area contributed by atoms with Gasteiger partial charge in [-0.2, -0.15) is 16.9 Å². The Morgan fingerprint density at radius 2 is 1.71 bits per heavy atom. The number of halogens is 6. The van der Waals surface area contributed by atoms with Crippen molar-refractivity contribution >= 4 is 31.6 Å². The van der Waals surface area contributed by atoms with E-state index >= 15 is 0 Å². The molecule has 0 aromatic rings. The molecule has 0 amide bonds. The van der Waals surface area contributed by atoms with Gasteiger partial charge in [0.1, 0.15) is 6.61 Å². The van der Waals surface area contributed by atoms with Gasteiger partial charge in [0.2, 0.25) is 0 Å². The van der Waals surface area contributed by atoms with Crippen molar-refractivity contribution in [3.8, 4) is 0 Å². The molecule has 0 rings (SSSR count). The van der Waals surface area contributed by atoms with Crippen LogP contribution >= 0.6 is 31.6 Å². The summed E-state index contributed by atoms with van der Waals surface area (Å²) in [5.41, 5.74) is 0. The van der Waals surface area contributed by atoms with Crippen molar-refractivity contribution in [3.63, 3.8) is 0 Å². The van der Waals surface area contributed by atoms with Crippen LogP contribution in [0.1, 0.15) is 0 Å². The summed E-state index contributed by atoms with van der Waals surface area (Å²) >= 11 is 8.97. The Kier molecular flexibility index (Phi) is 5.64. The first kappa shape index (κ1) is 14.4. The summed E-state index contributed by atoms with van der Waals surface area (Å²) in [7, 11) is -4.60. The highest BCUT2D eigenvalue weighted by atomic mass is 35.5. The highest BCUT2D eigenvalue weighted by Gasteiger charge is 2.44. The maximum atomic E-state index is 12.2. The lowest BCUT2D eigenvalue weighted by molar-refractivity contribution is -0.150. The lowest BCUT2D eigenvalue weighted by Gasteiger charge is -2.16. The standard InChI is InChI=1S/C3H3Cl2F4O4P/c4-12-14(10,13-5)11-1-3(8,9)2(6)7/h2H,1H2. The largest absolute Gasteiger partial charge is 0.508 e. The Morgan fingerprint density at radius 1 is 1.29 bits per heavy atom. The number of hydrogen-bond acceptors (Lipinski definition) is 4. The third-order valence-electron chi connectivity index (χ3n) is 0.903. The average Bonchev–Trinajstić information content (AvgIpc) is 2.14. The molecule has 0 atom stereocenters. The number of hydrogen-bond donors (Lipinski definition) is 0. The molecule has 86 valence electrons. The lowest BCUT2D eigenvalue weighted by atomic mass is 10.4. The van der Waals surface area contributed by atoms with E-state index in [-0.39, 0.29) is 0 Å². The van der Waals surface area contributed by atoms with E-state index in [9.17, 15) is 22.1 Å². The van der Waals surface area contributed by atoms with Crippen LogP contribution in [-0.4, -0.2) is 19.0 Å². The van der Waals surface area contributed by atoms with Gasteiger partial charge in [0.25, 0.3) is 0 Å². The molecule has 0 aliphatic carbocycles. The molecule has 0 heterocycles. The topological polar surface area (TPSA) is 44.8 Å². The summed E-state index contributed by atoms with van der Waals surface area (Å²) in [4.78, 5) is 0. The van der Waals surface area contributed by atoms with Crippen LogP contribution < -0.4 is 0 Å². The second-order valence-corrected chi connectivity index (χ2v) is 4.18. The third kappa shape index (κ3) is 4.29. The van der Waals surface area contributed by atoms with E-state index < -0.39 is 26.8 Å². The first-order valence-electron chi connectivity index (χ1n) is 2.78. The quantitative estimate of drug-likeness (QED) is 0.553. The number of phosphoric acid groups is 1. The molecule has 0 unspecified atom stereocenters. The molecule has 14 heavy (non-hydrogen) atoms. The fourth-order valence-electron chi connectivity index (χ4n) is 0.279. The Labute approximate surface area is 86.0 Å². The maximum absolute atomic E-state index is 12.2. The first-order valence-corrected chi connectivity index (χ1v) is 4.86. The zero-order valence-corrected chi connectivity index (χ0v) is 8.54. The molecule has 4 nitrogen and oxygen atoms in total. The molecular formula is C3H3Cl2F4O4P. The summed E-state index contributed by atoms with van der Waals surface area (Å²) in [6.45, 7) is -1.90. The Balaban J connectivity index is 4.24.